The second kappa shape index (κ2) is 5.14. The Morgan fingerprint density at radius 1 is 1.26 bits per heavy atom. The summed E-state index contributed by atoms with van der Waals surface area (Å²) in [6.07, 6.45) is 0.401. The van der Waals surface area contributed by atoms with Gasteiger partial charge in [-0.15, -0.1) is 0 Å². The number of cyclic esters (lactones) is 1. The summed E-state index contributed by atoms with van der Waals surface area (Å²) in [6, 6.07) is 0. The summed E-state index contributed by atoms with van der Waals surface area (Å²) in [5, 5.41) is 0. The van der Waals surface area contributed by atoms with E-state index in [2.05, 4.69) is 0 Å². The van der Waals surface area contributed by atoms with Gasteiger partial charge in [0.05, 0.1) is 11.3 Å². The summed E-state index contributed by atoms with van der Waals surface area (Å²) >= 11 is 0. The highest BCUT2D eigenvalue weighted by Crippen LogP contribution is 2.38. The van der Waals surface area contributed by atoms with Crippen LogP contribution in [0.5, 0.6) is 0 Å². The smallest absolute Gasteiger partial charge is 0.313 e. The number of rotatable bonds is 4. The molecule has 1 aliphatic rings. The summed E-state index contributed by atoms with van der Waals surface area (Å²) < 4.78 is 10.6. The molecule has 0 aromatic rings. The van der Waals surface area contributed by atoms with Gasteiger partial charge in [0.2, 0.25) is 0 Å². The normalized spacial score (nSPS) is 23.9. The zero-order chi connectivity index (χ0) is 15.0. The quantitative estimate of drug-likeness (QED) is 0.737. The Bertz CT molecular complexity index is 363. The molecule has 0 saturated carbocycles. The molecule has 0 aromatic carbocycles. The number of ether oxygens (including phenoxy) is 2. The van der Waals surface area contributed by atoms with Gasteiger partial charge >= 0.3 is 11.9 Å². The third-order valence-corrected chi connectivity index (χ3v) is 3.29. The van der Waals surface area contributed by atoms with Crippen molar-refractivity contribution < 1.29 is 19.1 Å². The Balaban J connectivity index is 2.68. The first-order valence-electron chi connectivity index (χ1n) is 6.88. The van der Waals surface area contributed by atoms with Crippen LogP contribution in [0.25, 0.3) is 0 Å². The molecule has 0 unspecified atom stereocenters. The Morgan fingerprint density at radius 3 is 2.16 bits per heavy atom. The lowest BCUT2D eigenvalue weighted by Gasteiger charge is -2.41. The zero-order valence-electron chi connectivity index (χ0n) is 13.1. The van der Waals surface area contributed by atoms with Gasteiger partial charge in [-0.25, -0.2) is 0 Å². The van der Waals surface area contributed by atoms with Crippen molar-refractivity contribution in [1.82, 2.24) is 0 Å². The maximum atomic E-state index is 12.2. The second-order valence-electron chi connectivity index (χ2n) is 7.34. The molecule has 4 nitrogen and oxygen atoms in total. The molecule has 0 radical (unpaired) electrons. The molecule has 1 fully saturated rings. The van der Waals surface area contributed by atoms with Crippen molar-refractivity contribution in [1.29, 1.82) is 0 Å². The third-order valence-electron chi connectivity index (χ3n) is 3.29. The Labute approximate surface area is 115 Å². The van der Waals surface area contributed by atoms with Gasteiger partial charge in [0.1, 0.15) is 11.7 Å². The number of hydrogen-bond acceptors (Lipinski definition) is 4. The van der Waals surface area contributed by atoms with Crippen LogP contribution in [0.15, 0.2) is 0 Å². The van der Waals surface area contributed by atoms with Crippen LogP contribution in [-0.2, 0) is 19.1 Å². The lowest BCUT2D eigenvalue weighted by molar-refractivity contribution is -0.195. The minimum Gasteiger partial charge on any atom is -0.461 e. The molecule has 110 valence electrons. The summed E-state index contributed by atoms with van der Waals surface area (Å²) in [5.41, 5.74) is -1.18. The van der Waals surface area contributed by atoms with E-state index in [-0.39, 0.29) is 29.9 Å². The van der Waals surface area contributed by atoms with E-state index in [0.29, 0.717) is 6.42 Å². The molecule has 1 aliphatic heterocycles. The zero-order valence-corrected chi connectivity index (χ0v) is 13.1. The molecule has 1 rings (SSSR count). The summed E-state index contributed by atoms with van der Waals surface area (Å²) in [4.78, 5) is 23.7. The highest BCUT2D eigenvalue weighted by molar-refractivity contribution is 5.81. The fourth-order valence-corrected chi connectivity index (χ4v) is 2.21. The lowest BCUT2D eigenvalue weighted by Crippen LogP contribution is -2.51. The molecule has 0 aliphatic carbocycles. The minimum absolute atomic E-state index is 0.0748. The second-order valence-corrected chi connectivity index (χ2v) is 7.34. The predicted molar refractivity (Wildman–Crippen MR) is 72.5 cm³/mol. The third kappa shape index (κ3) is 3.95. The molecule has 4 heteroatoms. The van der Waals surface area contributed by atoms with E-state index in [1.807, 2.05) is 48.5 Å². The van der Waals surface area contributed by atoms with Crippen molar-refractivity contribution >= 4 is 11.9 Å². The Kier molecular flexibility index (Phi) is 4.33. The van der Waals surface area contributed by atoms with Gasteiger partial charge in [0.25, 0.3) is 0 Å². The SMILES string of the molecule is CC(C)[C@@H]1OC(=O)[C@@H]1CC(C)(C)C(=O)OC(C)(C)C. The maximum absolute atomic E-state index is 12.2. The minimum atomic E-state index is -0.676. The molecule has 0 aromatic heterocycles. The van der Waals surface area contributed by atoms with Crippen LogP contribution >= 0.6 is 0 Å². The van der Waals surface area contributed by atoms with Gasteiger partial charge in [0.15, 0.2) is 0 Å². The maximum Gasteiger partial charge on any atom is 0.313 e. The number of carbonyl (C=O) groups is 2. The average Bonchev–Trinajstić information content (AvgIpc) is 2.20. The van der Waals surface area contributed by atoms with Crippen molar-refractivity contribution in [3.05, 3.63) is 0 Å². The van der Waals surface area contributed by atoms with E-state index in [1.54, 1.807) is 0 Å². The van der Waals surface area contributed by atoms with E-state index >= 15 is 0 Å². The summed E-state index contributed by atoms with van der Waals surface area (Å²) in [6.45, 7) is 13.2. The molecule has 19 heavy (non-hydrogen) atoms. The fraction of sp³-hybridized carbons (Fsp3) is 0.867. The molecular formula is C15H26O4. The van der Waals surface area contributed by atoms with Crippen molar-refractivity contribution in [2.75, 3.05) is 0 Å². The molecule has 0 bridgehead atoms. The van der Waals surface area contributed by atoms with Crippen LogP contribution in [0.4, 0.5) is 0 Å². The van der Waals surface area contributed by atoms with E-state index in [0.717, 1.165) is 0 Å². The molecule has 0 amide bonds. The topological polar surface area (TPSA) is 52.6 Å². The van der Waals surface area contributed by atoms with Crippen molar-refractivity contribution in [2.24, 2.45) is 17.3 Å². The summed E-state index contributed by atoms with van der Waals surface area (Å²) in [7, 11) is 0. The number of esters is 2. The molecule has 0 N–H and O–H groups in total. The van der Waals surface area contributed by atoms with Crippen LogP contribution in [0.1, 0.15) is 54.9 Å². The first-order valence-corrected chi connectivity index (χ1v) is 6.88. The van der Waals surface area contributed by atoms with Gasteiger partial charge < -0.3 is 9.47 Å². The predicted octanol–water partition coefficient (Wildman–Crippen LogP) is 2.94. The Hall–Kier alpha value is -1.06. The lowest BCUT2D eigenvalue weighted by atomic mass is 9.75. The van der Waals surface area contributed by atoms with Gasteiger partial charge in [-0.3, -0.25) is 9.59 Å². The average molecular weight is 270 g/mol. The summed E-state index contributed by atoms with van der Waals surface area (Å²) in [5.74, 6) is -0.378. The van der Waals surface area contributed by atoms with Crippen LogP contribution < -0.4 is 0 Å². The molecular weight excluding hydrogens is 244 g/mol. The molecule has 2 atom stereocenters. The molecule has 1 saturated heterocycles. The van der Waals surface area contributed by atoms with Crippen LogP contribution in [0, 0.1) is 17.3 Å². The van der Waals surface area contributed by atoms with Crippen LogP contribution in [-0.4, -0.2) is 23.6 Å². The van der Waals surface area contributed by atoms with E-state index in [4.69, 9.17) is 9.47 Å². The standard InChI is InChI=1S/C15H26O4/c1-9(2)11-10(12(16)18-11)8-15(6,7)13(17)19-14(3,4)5/h9-11H,8H2,1-7H3/t10-,11+/m1/s1. The van der Waals surface area contributed by atoms with Crippen molar-refractivity contribution in [3.63, 3.8) is 0 Å². The highest BCUT2D eigenvalue weighted by Gasteiger charge is 2.48. The van der Waals surface area contributed by atoms with E-state index in [1.165, 1.54) is 0 Å². The number of hydrogen-bond donors (Lipinski definition) is 0. The number of carbonyl (C=O) groups excluding carboxylic acids is 2. The van der Waals surface area contributed by atoms with Gasteiger partial charge in [0, 0.05) is 0 Å². The van der Waals surface area contributed by atoms with Crippen LogP contribution in [0.3, 0.4) is 0 Å². The Morgan fingerprint density at radius 2 is 1.79 bits per heavy atom. The van der Waals surface area contributed by atoms with Crippen molar-refractivity contribution in [2.45, 2.75) is 66.6 Å². The van der Waals surface area contributed by atoms with Gasteiger partial charge in [-0.2, -0.15) is 0 Å². The fourth-order valence-electron chi connectivity index (χ4n) is 2.21. The first kappa shape index (κ1) is 16.0. The monoisotopic (exact) mass is 270 g/mol. The van der Waals surface area contributed by atoms with Crippen LogP contribution in [0.2, 0.25) is 0 Å². The van der Waals surface area contributed by atoms with Gasteiger partial charge in [-0.05, 0) is 47.0 Å². The highest BCUT2D eigenvalue weighted by atomic mass is 16.6. The molecule has 0 spiro atoms. The first-order chi connectivity index (χ1) is 8.44. The van der Waals surface area contributed by atoms with Gasteiger partial charge in [-0.1, -0.05) is 13.8 Å². The van der Waals surface area contributed by atoms with E-state index < -0.39 is 11.0 Å². The largest absolute Gasteiger partial charge is 0.461 e. The van der Waals surface area contributed by atoms with E-state index in [9.17, 15) is 9.59 Å². The molecule has 1 heterocycles. The van der Waals surface area contributed by atoms with Crippen molar-refractivity contribution in [3.8, 4) is 0 Å².